The van der Waals surface area contributed by atoms with Crippen LogP contribution >= 0.6 is 0 Å². The van der Waals surface area contributed by atoms with Crippen LogP contribution in [0.15, 0.2) is 30.3 Å². The standard InChI is InChI=1S/C14H19NO/c1-2-13-10-6-7-11-15(13)14(16)12-8-4-3-5-9-12/h3-5,8-9,13H,2,6-7,10-11H2,1H3. The molecule has 0 bridgehead atoms. The number of hydrogen-bond acceptors (Lipinski definition) is 1. The van der Waals surface area contributed by atoms with Crippen molar-refractivity contribution in [3.8, 4) is 0 Å². The maximum atomic E-state index is 12.3. The molecule has 2 rings (SSSR count). The first kappa shape index (κ1) is 11.2. The first-order valence-corrected chi connectivity index (χ1v) is 6.19. The van der Waals surface area contributed by atoms with Gasteiger partial charge in [0.2, 0.25) is 0 Å². The molecular formula is C14H19NO. The highest BCUT2D eigenvalue weighted by molar-refractivity contribution is 5.94. The number of likely N-dealkylation sites (tertiary alicyclic amines) is 1. The number of carbonyl (C=O) groups excluding carboxylic acids is 1. The number of benzene rings is 1. The monoisotopic (exact) mass is 217 g/mol. The van der Waals surface area contributed by atoms with Gasteiger partial charge >= 0.3 is 0 Å². The van der Waals surface area contributed by atoms with E-state index in [1.165, 1.54) is 6.42 Å². The molecule has 1 saturated heterocycles. The molecule has 1 unspecified atom stereocenters. The third-order valence-electron chi connectivity index (χ3n) is 3.38. The van der Waals surface area contributed by atoms with Crippen LogP contribution in [0.3, 0.4) is 0 Å². The second-order valence-corrected chi connectivity index (χ2v) is 4.42. The molecule has 1 aliphatic rings. The van der Waals surface area contributed by atoms with Crippen molar-refractivity contribution in [3.63, 3.8) is 0 Å². The molecule has 2 nitrogen and oxygen atoms in total. The predicted molar refractivity (Wildman–Crippen MR) is 65.4 cm³/mol. The summed E-state index contributed by atoms with van der Waals surface area (Å²) >= 11 is 0. The van der Waals surface area contributed by atoms with Crippen LogP contribution < -0.4 is 0 Å². The van der Waals surface area contributed by atoms with Crippen LogP contribution in [0, 0.1) is 0 Å². The molecule has 1 amide bonds. The van der Waals surface area contributed by atoms with Gasteiger partial charge in [0.1, 0.15) is 0 Å². The fourth-order valence-corrected chi connectivity index (χ4v) is 2.44. The van der Waals surface area contributed by atoms with Crippen LogP contribution in [-0.4, -0.2) is 23.4 Å². The Labute approximate surface area is 97.3 Å². The first-order valence-electron chi connectivity index (χ1n) is 6.19. The van der Waals surface area contributed by atoms with Gasteiger partial charge in [-0.2, -0.15) is 0 Å². The molecule has 1 fully saturated rings. The van der Waals surface area contributed by atoms with Gasteiger partial charge < -0.3 is 4.90 Å². The summed E-state index contributed by atoms with van der Waals surface area (Å²) in [5.41, 5.74) is 0.822. The third-order valence-corrected chi connectivity index (χ3v) is 3.38. The zero-order valence-electron chi connectivity index (χ0n) is 9.86. The summed E-state index contributed by atoms with van der Waals surface area (Å²) in [5, 5.41) is 0. The lowest BCUT2D eigenvalue weighted by molar-refractivity contribution is 0.0608. The van der Waals surface area contributed by atoms with Gasteiger partial charge in [0.05, 0.1) is 0 Å². The Kier molecular flexibility index (Phi) is 3.60. The molecule has 0 saturated carbocycles. The molecular weight excluding hydrogens is 198 g/mol. The van der Waals surface area contributed by atoms with Crippen molar-refractivity contribution in [1.29, 1.82) is 0 Å². The van der Waals surface area contributed by atoms with E-state index in [1.54, 1.807) is 0 Å². The molecule has 0 aliphatic carbocycles. The van der Waals surface area contributed by atoms with Crippen molar-refractivity contribution in [2.75, 3.05) is 6.54 Å². The van der Waals surface area contributed by atoms with Crippen molar-refractivity contribution >= 4 is 5.91 Å². The maximum absolute atomic E-state index is 12.3. The summed E-state index contributed by atoms with van der Waals surface area (Å²) in [6, 6.07) is 10.1. The number of carbonyl (C=O) groups is 1. The van der Waals surface area contributed by atoms with Crippen LogP contribution in [-0.2, 0) is 0 Å². The van der Waals surface area contributed by atoms with E-state index in [0.29, 0.717) is 6.04 Å². The van der Waals surface area contributed by atoms with Gasteiger partial charge in [-0.05, 0) is 37.8 Å². The van der Waals surface area contributed by atoms with Gasteiger partial charge in [-0.3, -0.25) is 4.79 Å². The fraction of sp³-hybridized carbons (Fsp3) is 0.500. The molecule has 2 heteroatoms. The molecule has 86 valence electrons. The largest absolute Gasteiger partial charge is 0.336 e. The van der Waals surface area contributed by atoms with E-state index in [9.17, 15) is 4.79 Å². The average molecular weight is 217 g/mol. The predicted octanol–water partition coefficient (Wildman–Crippen LogP) is 3.09. The lowest BCUT2D eigenvalue weighted by Crippen LogP contribution is -2.43. The topological polar surface area (TPSA) is 20.3 Å². The Hall–Kier alpha value is -1.31. The molecule has 16 heavy (non-hydrogen) atoms. The van der Waals surface area contributed by atoms with Gasteiger partial charge in [0.15, 0.2) is 0 Å². The minimum Gasteiger partial charge on any atom is -0.336 e. The lowest BCUT2D eigenvalue weighted by atomic mass is 9.99. The van der Waals surface area contributed by atoms with E-state index < -0.39 is 0 Å². The lowest BCUT2D eigenvalue weighted by Gasteiger charge is -2.35. The maximum Gasteiger partial charge on any atom is 0.254 e. The number of hydrogen-bond donors (Lipinski definition) is 0. The third kappa shape index (κ3) is 2.26. The summed E-state index contributed by atoms with van der Waals surface area (Å²) in [6.07, 6.45) is 4.64. The van der Waals surface area contributed by atoms with E-state index in [2.05, 4.69) is 11.8 Å². The zero-order valence-corrected chi connectivity index (χ0v) is 9.86. The molecule has 1 aliphatic heterocycles. The summed E-state index contributed by atoms with van der Waals surface area (Å²) in [7, 11) is 0. The average Bonchev–Trinajstić information content (AvgIpc) is 2.39. The van der Waals surface area contributed by atoms with E-state index in [-0.39, 0.29) is 5.91 Å². The van der Waals surface area contributed by atoms with Crippen molar-refractivity contribution < 1.29 is 4.79 Å². The number of rotatable bonds is 2. The molecule has 1 heterocycles. The molecule has 1 aromatic rings. The van der Waals surface area contributed by atoms with Gasteiger partial charge in [0, 0.05) is 18.2 Å². The van der Waals surface area contributed by atoms with E-state index in [0.717, 1.165) is 31.4 Å². The molecule has 1 atom stereocenters. The minimum absolute atomic E-state index is 0.201. The van der Waals surface area contributed by atoms with Crippen molar-refractivity contribution in [2.45, 2.75) is 38.6 Å². The van der Waals surface area contributed by atoms with E-state index in [4.69, 9.17) is 0 Å². The van der Waals surface area contributed by atoms with Crippen molar-refractivity contribution in [2.24, 2.45) is 0 Å². The number of nitrogens with zero attached hydrogens (tertiary/aromatic N) is 1. The fourth-order valence-electron chi connectivity index (χ4n) is 2.44. The molecule has 0 N–H and O–H groups in total. The summed E-state index contributed by atoms with van der Waals surface area (Å²) in [4.78, 5) is 14.3. The van der Waals surface area contributed by atoms with Gasteiger partial charge in [-0.1, -0.05) is 25.1 Å². The summed E-state index contributed by atoms with van der Waals surface area (Å²) in [5.74, 6) is 0.201. The van der Waals surface area contributed by atoms with E-state index in [1.807, 2.05) is 30.3 Å². The Bertz CT molecular complexity index is 347. The number of amides is 1. The van der Waals surface area contributed by atoms with Crippen molar-refractivity contribution in [1.82, 2.24) is 4.90 Å². The molecule has 1 aromatic carbocycles. The Morgan fingerprint density at radius 2 is 2.06 bits per heavy atom. The highest BCUT2D eigenvalue weighted by atomic mass is 16.2. The van der Waals surface area contributed by atoms with Crippen LogP contribution in [0.1, 0.15) is 43.0 Å². The SMILES string of the molecule is CCC1CCCCN1C(=O)c1ccccc1. The second-order valence-electron chi connectivity index (χ2n) is 4.42. The Morgan fingerprint density at radius 1 is 1.31 bits per heavy atom. The van der Waals surface area contributed by atoms with Crippen LogP contribution in [0.5, 0.6) is 0 Å². The van der Waals surface area contributed by atoms with Crippen LogP contribution in [0.2, 0.25) is 0 Å². The summed E-state index contributed by atoms with van der Waals surface area (Å²) in [6.45, 7) is 3.09. The highest BCUT2D eigenvalue weighted by Gasteiger charge is 2.25. The molecule has 0 spiro atoms. The van der Waals surface area contributed by atoms with E-state index >= 15 is 0 Å². The molecule has 0 radical (unpaired) electrons. The molecule has 0 aromatic heterocycles. The van der Waals surface area contributed by atoms with Gasteiger partial charge in [-0.25, -0.2) is 0 Å². The van der Waals surface area contributed by atoms with Gasteiger partial charge in [0.25, 0.3) is 5.91 Å². The summed E-state index contributed by atoms with van der Waals surface area (Å²) < 4.78 is 0. The normalized spacial score (nSPS) is 20.8. The number of piperidine rings is 1. The smallest absolute Gasteiger partial charge is 0.254 e. The minimum atomic E-state index is 0.201. The quantitative estimate of drug-likeness (QED) is 0.745. The van der Waals surface area contributed by atoms with Crippen molar-refractivity contribution in [3.05, 3.63) is 35.9 Å². The van der Waals surface area contributed by atoms with Crippen LogP contribution in [0.4, 0.5) is 0 Å². The Morgan fingerprint density at radius 3 is 2.75 bits per heavy atom. The zero-order chi connectivity index (χ0) is 11.4. The first-order chi connectivity index (χ1) is 7.83. The van der Waals surface area contributed by atoms with Gasteiger partial charge in [-0.15, -0.1) is 0 Å². The van der Waals surface area contributed by atoms with Crippen LogP contribution in [0.25, 0.3) is 0 Å². The second kappa shape index (κ2) is 5.15. The Balaban J connectivity index is 2.14. The highest BCUT2D eigenvalue weighted by Crippen LogP contribution is 2.21.